The van der Waals surface area contributed by atoms with Crippen molar-refractivity contribution in [3.8, 4) is 0 Å². The van der Waals surface area contributed by atoms with E-state index >= 15 is 0 Å². The number of carbonyl (C=O) groups excluding carboxylic acids is 1. The highest BCUT2D eigenvalue weighted by atomic mass is 16.3. The molecule has 126 valence electrons. The third kappa shape index (κ3) is 3.05. The number of aliphatic hydroxyl groups is 1. The van der Waals surface area contributed by atoms with E-state index in [1.807, 2.05) is 0 Å². The van der Waals surface area contributed by atoms with Crippen molar-refractivity contribution >= 4 is 16.7 Å². The summed E-state index contributed by atoms with van der Waals surface area (Å²) in [6, 6.07) is 15.4. The normalized spacial score (nSPS) is 22.5. The fourth-order valence-electron chi connectivity index (χ4n) is 3.85. The zero-order chi connectivity index (χ0) is 16.5. The molecule has 2 aromatic carbocycles. The van der Waals surface area contributed by atoms with Crippen molar-refractivity contribution in [3.63, 3.8) is 0 Å². The Morgan fingerprint density at radius 3 is 2.67 bits per heavy atom. The van der Waals surface area contributed by atoms with Crippen LogP contribution < -0.4 is 0 Å². The van der Waals surface area contributed by atoms with Crippen molar-refractivity contribution in [2.75, 3.05) is 13.2 Å². The predicted molar refractivity (Wildman–Crippen MR) is 95.9 cm³/mol. The van der Waals surface area contributed by atoms with Gasteiger partial charge in [0.25, 0.3) is 0 Å². The van der Waals surface area contributed by atoms with E-state index < -0.39 is 0 Å². The lowest BCUT2D eigenvalue weighted by Crippen LogP contribution is -2.35. The van der Waals surface area contributed by atoms with Gasteiger partial charge in [-0.1, -0.05) is 42.5 Å². The van der Waals surface area contributed by atoms with Crippen LogP contribution in [0.25, 0.3) is 10.8 Å². The first-order valence-electron chi connectivity index (χ1n) is 9.18. The number of fused-ring (bicyclic) bond motifs is 1. The summed E-state index contributed by atoms with van der Waals surface area (Å²) >= 11 is 0. The monoisotopic (exact) mass is 323 g/mol. The van der Waals surface area contributed by atoms with Crippen LogP contribution in [-0.4, -0.2) is 35.1 Å². The number of amides is 1. The molecule has 3 heteroatoms. The van der Waals surface area contributed by atoms with Crippen LogP contribution in [0.2, 0.25) is 0 Å². The average molecular weight is 323 g/mol. The number of carbonyl (C=O) groups is 1. The van der Waals surface area contributed by atoms with Crippen molar-refractivity contribution in [1.82, 2.24) is 4.90 Å². The van der Waals surface area contributed by atoms with E-state index in [2.05, 4.69) is 47.4 Å². The van der Waals surface area contributed by atoms with Crippen LogP contribution >= 0.6 is 0 Å². The quantitative estimate of drug-likeness (QED) is 0.789. The molecule has 0 radical (unpaired) electrons. The molecule has 0 heterocycles. The highest BCUT2D eigenvalue weighted by Crippen LogP contribution is 2.51. The van der Waals surface area contributed by atoms with Crippen molar-refractivity contribution in [2.24, 2.45) is 5.92 Å². The van der Waals surface area contributed by atoms with Crippen LogP contribution in [0.5, 0.6) is 0 Å². The van der Waals surface area contributed by atoms with Crippen molar-refractivity contribution in [1.29, 1.82) is 0 Å². The molecule has 0 aromatic heterocycles. The molecule has 2 fully saturated rings. The van der Waals surface area contributed by atoms with Gasteiger partial charge >= 0.3 is 0 Å². The molecule has 1 N–H and O–H groups in total. The molecule has 0 aliphatic heterocycles. The van der Waals surface area contributed by atoms with Crippen LogP contribution in [0, 0.1) is 5.92 Å². The Kier molecular flexibility index (Phi) is 4.28. The molecule has 1 amide bonds. The van der Waals surface area contributed by atoms with Gasteiger partial charge < -0.3 is 10.0 Å². The van der Waals surface area contributed by atoms with Crippen molar-refractivity contribution in [3.05, 3.63) is 48.0 Å². The van der Waals surface area contributed by atoms with Crippen LogP contribution in [0.1, 0.15) is 43.6 Å². The summed E-state index contributed by atoms with van der Waals surface area (Å²) in [5, 5.41) is 11.5. The second-order valence-corrected chi connectivity index (χ2v) is 7.21. The molecule has 4 rings (SSSR count). The SMILES string of the molecule is O=C(C1CC1c1cccc2ccccc12)N(CCCCO)C1CC1. The Hall–Kier alpha value is -1.87. The highest BCUT2D eigenvalue weighted by Gasteiger charge is 2.48. The lowest BCUT2D eigenvalue weighted by Gasteiger charge is -2.22. The highest BCUT2D eigenvalue weighted by molar-refractivity contribution is 5.89. The first kappa shape index (κ1) is 15.6. The minimum atomic E-state index is 0.158. The molecular formula is C21H25NO2. The molecule has 0 bridgehead atoms. The number of aliphatic hydroxyl groups excluding tert-OH is 1. The van der Waals surface area contributed by atoms with Gasteiger partial charge in [-0.2, -0.15) is 0 Å². The Balaban J connectivity index is 1.49. The predicted octanol–water partition coefficient (Wildman–Crippen LogP) is 3.71. The van der Waals surface area contributed by atoms with Crippen LogP contribution in [0.3, 0.4) is 0 Å². The third-order valence-electron chi connectivity index (χ3n) is 5.41. The summed E-state index contributed by atoms with van der Waals surface area (Å²) in [6.45, 7) is 1.03. The van der Waals surface area contributed by atoms with E-state index in [1.165, 1.54) is 16.3 Å². The maximum Gasteiger partial charge on any atom is 0.226 e. The molecule has 2 unspecified atom stereocenters. The fraction of sp³-hybridized carbons (Fsp3) is 0.476. The molecule has 2 aromatic rings. The van der Waals surface area contributed by atoms with Gasteiger partial charge in [0.15, 0.2) is 0 Å². The molecule has 2 aliphatic rings. The maximum absolute atomic E-state index is 13.0. The summed E-state index contributed by atoms with van der Waals surface area (Å²) in [4.78, 5) is 15.1. The molecule has 0 saturated heterocycles. The first-order chi connectivity index (χ1) is 11.8. The molecule has 24 heavy (non-hydrogen) atoms. The Bertz CT molecular complexity index is 732. The van der Waals surface area contributed by atoms with E-state index in [4.69, 9.17) is 5.11 Å². The van der Waals surface area contributed by atoms with E-state index in [9.17, 15) is 4.79 Å². The number of benzene rings is 2. The molecular weight excluding hydrogens is 298 g/mol. The summed E-state index contributed by atoms with van der Waals surface area (Å²) in [6.07, 6.45) is 4.97. The van der Waals surface area contributed by atoms with Gasteiger partial charge in [0, 0.05) is 25.1 Å². The maximum atomic E-state index is 13.0. The number of unbranched alkanes of at least 4 members (excludes halogenated alkanes) is 1. The van der Waals surface area contributed by atoms with E-state index in [1.54, 1.807) is 0 Å². The van der Waals surface area contributed by atoms with Crippen molar-refractivity contribution < 1.29 is 9.90 Å². The summed E-state index contributed by atoms with van der Waals surface area (Å²) in [5.74, 6) is 0.876. The van der Waals surface area contributed by atoms with Crippen LogP contribution in [-0.2, 0) is 4.79 Å². The number of rotatable bonds is 7. The average Bonchev–Trinajstić information content (AvgIpc) is 3.51. The lowest BCUT2D eigenvalue weighted by atomic mass is 10.00. The van der Waals surface area contributed by atoms with E-state index in [0.717, 1.165) is 38.6 Å². The molecule has 0 spiro atoms. The molecule has 3 nitrogen and oxygen atoms in total. The number of hydrogen-bond donors (Lipinski definition) is 1. The Morgan fingerprint density at radius 1 is 1.08 bits per heavy atom. The van der Waals surface area contributed by atoms with E-state index in [-0.39, 0.29) is 12.5 Å². The second-order valence-electron chi connectivity index (χ2n) is 7.21. The standard InChI is InChI=1S/C21H25NO2/c23-13-4-3-12-22(16-10-11-16)21(24)20-14-19(20)18-9-5-7-15-6-1-2-8-17(15)18/h1-2,5-9,16,19-20,23H,3-4,10-14H2. The minimum absolute atomic E-state index is 0.158. The van der Waals surface area contributed by atoms with Gasteiger partial charge in [-0.05, 0) is 54.4 Å². The third-order valence-corrected chi connectivity index (χ3v) is 5.41. The zero-order valence-electron chi connectivity index (χ0n) is 14.0. The second kappa shape index (κ2) is 6.56. The zero-order valence-corrected chi connectivity index (χ0v) is 14.0. The lowest BCUT2D eigenvalue weighted by molar-refractivity contribution is -0.133. The topological polar surface area (TPSA) is 40.5 Å². The molecule has 2 atom stereocenters. The number of nitrogens with zero attached hydrogens (tertiary/aromatic N) is 1. The number of hydrogen-bond acceptors (Lipinski definition) is 2. The van der Waals surface area contributed by atoms with Crippen LogP contribution in [0.4, 0.5) is 0 Å². The minimum Gasteiger partial charge on any atom is -0.396 e. The van der Waals surface area contributed by atoms with Gasteiger partial charge in [-0.25, -0.2) is 0 Å². The van der Waals surface area contributed by atoms with Gasteiger partial charge in [-0.3, -0.25) is 4.79 Å². The van der Waals surface area contributed by atoms with Gasteiger partial charge in [0.2, 0.25) is 5.91 Å². The first-order valence-corrected chi connectivity index (χ1v) is 9.18. The summed E-state index contributed by atoms with van der Waals surface area (Å²) in [5.41, 5.74) is 1.33. The van der Waals surface area contributed by atoms with Crippen LogP contribution in [0.15, 0.2) is 42.5 Å². The largest absolute Gasteiger partial charge is 0.396 e. The summed E-state index contributed by atoms with van der Waals surface area (Å²) in [7, 11) is 0. The van der Waals surface area contributed by atoms with Gasteiger partial charge in [-0.15, -0.1) is 0 Å². The smallest absolute Gasteiger partial charge is 0.226 e. The Morgan fingerprint density at radius 2 is 1.88 bits per heavy atom. The fourth-order valence-corrected chi connectivity index (χ4v) is 3.85. The van der Waals surface area contributed by atoms with Crippen molar-refractivity contribution in [2.45, 2.75) is 44.1 Å². The summed E-state index contributed by atoms with van der Waals surface area (Å²) < 4.78 is 0. The van der Waals surface area contributed by atoms with Gasteiger partial charge in [0.05, 0.1) is 0 Å². The Labute approximate surface area is 143 Å². The molecule has 2 saturated carbocycles. The molecule has 2 aliphatic carbocycles. The van der Waals surface area contributed by atoms with E-state index in [0.29, 0.717) is 17.9 Å². The van der Waals surface area contributed by atoms with Gasteiger partial charge in [0.1, 0.15) is 0 Å².